The zero-order valence-electron chi connectivity index (χ0n) is 40.4. The number of carboxylic acids is 1. The van der Waals surface area contributed by atoms with Crippen molar-refractivity contribution in [3.05, 3.63) is 49.6 Å². The van der Waals surface area contributed by atoms with Gasteiger partial charge < -0.3 is 19.6 Å². The van der Waals surface area contributed by atoms with Gasteiger partial charge in [-0.3, -0.25) is 9.59 Å². The number of amides is 2. The number of ether oxygens (including phenoxy) is 1. The number of aromatic nitrogens is 4. The van der Waals surface area contributed by atoms with Crippen LogP contribution in [0.2, 0.25) is 0 Å². The van der Waals surface area contributed by atoms with Crippen molar-refractivity contribution in [2.24, 2.45) is 29.6 Å². The van der Waals surface area contributed by atoms with Crippen LogP contribution in [0.25, 0.3) is 11.1 Å². The van der Waals surface area contributed by atoms with E-state index in [1.165, 1.54) is 53.8 Å². The molecule has 6 aliphatic carbocycles. The van der Waals surface area contributed by atoms with Gasteiger partial charge in [0, 0.05) is 45.5 Å². The minimum atomic E-state index is -0.941. The van der Waals surface area contributed by atoms with Gasteiger partial charge in [0.1, 0.15) is 9.75 Å². The van der Waals surface area contributed by atoms with Gasteiger partial charge in [0.05, 0.1) is 24.6 Å². The molecule has 3 aromatic rings. The Morgan fingerprint density at radius 3 is 1.60 bits per heavy atom. The Hall–Kier alpha value is -4.68. The number of allylic oxidation sites excluding steroid dienone is 4. The fourth-order valence-electron chi connectivity index (χ4n) is 11.7. The monoisotopic (exact) mass is 965 g/mol. The van der Waals surface area contributed by atoms with E-state index in [-0.39, 0.29) is 53.5 Å². The quantitative estimate of drug-likeness (QED) is 0.175. The zero-order chi connectivity index (χ0) is 47.7. The highest BCUT2D eigenvalue weighted by atomic mass is 32.1. The van der Waals surface area contributed by atoms with Gasteiger partial charge in [0.25, 0.3) is 0 Å². The highest BCUT2D eigenvalue weighted by Gasteiger charge is 2.40. The van der Waals surface area contributed by atoms with Gasteiger partial charge in [-0.15, -0.1) is 32.9 Å². The molecular weight excluding hydrogens is 895 g/mol. The fourth-order valence-corrected chi connectivity index (χ4v) is 13.9. The smallest absolute Gasteiger partial charge is 0.350 e. The number of nitrogens with one attached hydrogen (secondary N) is 1. The third-order valence-corrected chi connectivity index (χ3v) is 18.3. The summed E-state index contributed by atoms with van der Waals surface area (Å²) in [6, 6.07) is 6.51. The van der Waals surface area contributed by atoms with Crippen molar-refractivity contribution in [1.29, 1.82) is 5.26 Å². The van der Waals surface area contributed by atoms with E-state index in [2.05, 4.69) is 58.8 Å². The molecule has 366 valence electrons. The van der Waals surface area contributed by atoms with Gasteiger partial charge in [0.15, 0.2) is 5.82 Å². The van der Waals surface area contributed by atoms with E-state index in [4.69, 9.17) is 4.74 Å². The number of nitrogens with zero attached hydrogens (tertiary/aromatic N) is 6. The first kappa shape index (κ1) is 49.7. The van der Waals surface area contributed by atoms with Crippen LogP contribution in [-0.2, 0) is 14.3 Å². The van der Waals surface area contributed by atoms with Crippen LogP contribution < -0.4 is 9.80 Å². The third kappa shape index (κ3) is 11.7. The summed E-state index contributed by atoms with van der Waals surface area (Å²) < 4.78 is 5.16. The Balaban J connectivity index is 0.000000184. The summed E-state index contributed by atoms with van der Waals surface area (Å²) >= 11 is 2.81. The molecule has 2 N–H and O–H groups in total. The first-order valence-corrected chi connectivity index (χ1v) is 27.4. The lowest BCUT2D eigenvalue weighted by Gasteiger charge is -2.39. The lowest BCUT2D eigenvalue weighted by Crippen LogP contribution is -2.46. The number of hydrogen-bond acceptors (Lipinski definition) is 11. The van der Waals surface area contributed by atoms with E-state index in [9.17, 15) is 29.5 Å². The average Bonchev–Trinajstić information content (AvgIpc) is 4.18. The predicted molar refractivity (Wildman–Crippen MR) is 268 cm³/mol. The van der Waals surface area contributed by atoms with Crippen LogP contribution in [0.4, 0.5) is 11.4 Å². The molecule has 6 aliphatic rings. The molecule has 0 aliphatic heterocycles. The second-order valence-corrected chi connectivity index (χ2v) is 22.7. The minimum Gasteiger partial charge on any atom is -0.477 e. The van der Waals surface area contributed by atoms with Gasteiger partial charge >= 0.3 is 11.9 Å². The fraction of sp³-hybridized carbons (Fsp3) is 0.660. The number of nitriles is 1. The van der Waals surface area contributed by atoms with Crippen LogP contribution in [0.1, 0.15) is 209 Å². The van der Waals surface area contributed by atoms with Crippen molar-refractivity contribution in [2.45, 2.75) is 186 Å². The SMILES string of the molecule is CC1CCC(C(=O)N(c2cc(C3=CCCCC3)sc2C(=O)O)C2CCC(c3nn[nH]n3)CC2)CC1.COC(=O)c1sc(C2=CCCCC2)cc1N(C(=O)C1CCC(C)CC1)C1CCC(C#N)CC1. The third-order valence-electron chi connectivity index (χ3n) is 16.0. The number of aromatic amines is 1. The number of rotatable bonds is 11. The van der Waals surface area contributed by atoms with Crippen LogP contribution >= 0.6 is 22.7 Å². The molecule has 0 bridgehead atoms. The molecule has 0 unspecified atom stereocenters. The molecule has 0 radical (unpaired) electrons. The highest BCUT2D eigenvalue weighted by molar-refractivity contribution is 7.16. The summed E-state index contributed by atoms with van der Waals surface area (Å²) in [4.78, 5) is 60.1. The van der Waals surface area contributed by atoms with Crippen LogP contribution in [0, 0.1) is 40.9 Å². The molecule has 0 atom stereocenters. The number of esters is 1. The molecular formula is C53H71N7O6S2. The summed E-state index contributed by atoms with van der Waals surface area (Å²) in [7, 11) is 1.41. The van der Waals surface area contributed by atoms with Crippen molar-refractivity contribution >= 4 is 68.9 Å². The molecule has 4 saturated carbocycles. The van der Waals surface area contributed by atoms with Gasteiger partial charge in [-0.1, -0.05) is 31.2 Å². The van der Waals surface area contributed by atoms with Crippen LogP contribution in [-0.4, -0.2) is 68.7 Å². The van der Waals surface area contributed by atoms with E-state index >= 15 is 0 Å². The van der Waals surface area contributed by atoms with Gasteiger partial charge in [0.2, 0.25) is 11.8 Å². The lowest BCUT2D eigenvalue weighted by molar-refractivity contribution is -0.125. The predicted octanol–water partition coefficient (Wildman–Crippen LogP) is 12.5. The molecule has 9 rings (SSSR count). The summed E-state index contributed by atoms with van der Waals surface area (Å²) in [5, 5.41) is 34.1. The summed E-state index contributed by atoms with van der Waals surface area (Å²) in [6.07, 6.45) is 27.8. The normalized spacial score (nSPS) is 27.6. The largest absolute Gasteiger partial charge is 0.477 e. The van der Waals surface area contributed by atoms with Crippen molar-refractivity contribution in [1.82, 2.24) is 20.6 Å². The van der Waals surface area contributed by atoms with Crippen LogP contribution in [0.5, 0.6) is 0 Å². The molecule has 4 fully saturated rings. The Morgan fingerprint density at radius 2 is 1.18 bits per heavy atom. The number of hydrogen-bond donors (Lipinski definition) is 2. The van der Waals surface area contributed by atoms with Crippen molar-refractivity contribution in [2.75, 3.05) is 16.9 Å². The zero-order valence-corrected chi connectivity index (χ0v) is 42.0. The van der Waals surface area contributed by atoms with E-state index in [1.807, 2.05) is 15.9 Å². The maximum atomic E-state index is 14.1. The first-order valence-electron chi connectivity index (χ1n) is 25.8. The Bertz CT molecular complexity index is 2310. The number of carboxylic acid groups (broad SMARTS) is 1. The first-order chi connectivity index (χ1) is 33.0. The summed E-state index contributed by atoms with van der Waals surface area (Å²) in [5.74, 6) is 1.30. The van der Waals surface area contributed by atoms with Crippen molar-refractivity contribution in [3.8, 4) is 6.07 Å². The Kier molecular flexibility index (Phi) is 17.0. The lowest BCUT2D eigenvalue weighted by atomic mass is 9.80. The van der Waals surface area contributed by atoms with Crippen molar-refractivity contribution < 1.29 is 29.0 Å². The van der Waals surface area contributed by atoms with E-state index in [0.717, 1.165) is 163 Å². The number of carbonyl (C=O) groups excluding carboxylic acids is 3. The minimum absolute atomic E-state index is 0.00844. The summed E-state index contributed by atoms with van der Waals surface area (Å²) in [6.45, 7) is 4.52. The van der Waals surface area contributed by atoms with Gasteiger partial charge in [-0.25, -0.2) is 9.59 Å². The number of tetrazole rings is 1. The maximum Gasteiger partial charge on any atom is 0.350 e. The van der Waals surface area contributed by atoms with Gasteiger partial charge in [-0.05, 0) is 189 Å². The van der Waals surface area contributed by atoms with Crippen molar-refractivity contribution in [3.63, 3.8) is 0 Å². The standard InChI is InChI=1S/C27H36N2O3S.C26H35N5O3S/c1-18-8-12-21(13-9-18)26(30)29(22-14-10-19(17-28)11-15-22)23-16-24(20-6-4-3-5-7-20)33-25(23)27(31)32-2;1-16-7-9-19(10-8-16)25(32)31(20-13-11-18(12-14-20)24-27-29-30-28-24)21-15-22(35-23(21)26(33)34)17-5-3-2-4-6-17/h6,16,18-19,21-22H,3-5,7-15H2,1-2H3;5,15-16,18-20H,2-4,6-14H2,1H3,(H,33,34)(H,27,28,29,30). The Morgan fingerprint density at radius 1 is 0.691 bits per heavy atom. The maximum absolute atomic E-state index is 14.1. The Labute approximate surface area is 410 Å². The molecule has 3 heterocycles. The highest BCUT2D eigenvalue weighted by Crippen LogP contribution is 2.45. The molecule has 68 heavy (non-hydrogen) atoms. The second-order valence-electron chi connectivity index (χ2n) is 20.6. The van der Waals surface area contributed by atoms with Crippen LogP contribution in [0.15, 0.2) is 24.3 Å². The van der Waals surface area contributed by atoms with E-state index in [1.54, 1.807) is 0 Å². The number of H-pyrrole nitrogens is 1. The summed E-state index contributed by atoms with van der Waals surface area (Å²) in [5.41, 5.74) is 3.86. The number of anilines is 2. The second kappa shape index (κ2) is 23.3. The number of thiophene rings is 2. The number of methoxy groups -OCH3 is 1. The van der Waals surface area contributed by atoms with Gasteiger partial charge in [-0.2, -0.15) is 10.5 Å². The van der Waals surface area contributed by atoms with E-state index in [0.29, 0.717) is 27.3 Å². The molecule has 2 amide bonds. The molecule has 15 heteroatoms. The number of aromatic carboxylic acids is 1. The average molecular weight is 966 g/mol. The molecule has 0 spiro atoms. The van der Waals surface area contributed by atoms with E-state index < -0.39 is 5.97 Å². The number of carbonyl (C=O) groups is 4. The molecule has 0 saturated heterocycles. The molecule has 13 nitrogen and oxygen atoms in total. The van der Waals surface area contributed by atoms with Crippen LogP contribution in [0.3, 0.4) is 0 Å². The topological polar surface area (TPSA) is 182 Å². The molecule has 0 aromatic carbocycles. The molecule has 3 aromatic heterocycles.